The fourth-order valence-corrected chi connectivity index (χ4v) is 5.06. The quantitative estimate of drug-likeness (QED) is 0.173. The monoisotopic (exact) mass is 643 g/mol. The fourth-order valence-electron chi connectivity index (χ4n) is 5.06. The molecule has 1 aromatic carbocycles. The van der Waals surface area contributed by atoms with Gasteiger partial charge in [-0.1, -0.05) is 50.3 Å². The minimum Gasteiger partial charge on any atom is -0.445 e. The van der Waals surface area contributed by atoms with Gasteiger partial charge in [0.05, 0.1) is 11.7 Å². The Hall–Kier alpha value is -3.93. The molecule has 1 aliphatic rings. The molecule has 1 aromatic rings. The van der Waals surface area contributed by atoms with E-state index in [4.69, 9.17) is 9.47 Å². The number of carbonyl (C=O) groups excluding carboxylic acids is 5. The largest absolute Gasteiger partial charge is 0.445 e. The summed E-state index contributed by atoms with van der Waals surface area (Å²) in [6.07, 6.45) is 2.54. The summed E-state index contributed by atoms with van der Waals surface area (Å²) >= 11 is 0. The minimum atomic E-state index is -1.18. The highest BCUT2D eigenvalue weighted by atomic mass is 16.6. The van der Waals surface area contributed by atoms with E-state index in [1.165, 1.54) is 6.08 Å². The number of hydrogen-bond donors (Lipinski definition) is 5. The van der Waals surface area contributed by atoms with Crippen LogP contribution in [0.15, 0.2) is 42.5 Å². The van der Waals surface area contributed by atoms with Crippen molar-refractivity contribution >= 4 is 29.7 Å². The number of hydrogen-bond acceptors (Lipinski definition) is 7. The van der Waals surface area contributed by atoms with Gasteiger partial charge in [0.25, 0.3) is 0 Å². The van der Waals surface area contributed by atoms with Crippen molar-refractivity contribution in [3.05, 3.63) is 48.0 Å². The van der Waals surface area contributed by atoms with Crippen LogP contribution in [0, 0.1) is 11.8 Å². The van der Waals surface area contributed by atoms with Crippen molar-refractivity contribution in [3.8, 4) is 0 Å². The van der Waals surface area contributed by atoms with E-state index >= 15 is 0 Å². The van der Waals surface area contributed by atoms with Crippen LogP contribution < -0.4 is 26.6 Å². The lowest BCUT2D eigenvalue weighted by molar-refractivity contribution is -0.135. The number of alkyl carbamates (subject to hydrolysis) is 1. The van der Waals surface area contributed by atoms with Gasteiger partial charge < -0.3 is 36.1 Å². The second kappa shape index (κ2) is 18.3. The SMILES string of the molecule is CC(C)C[C@H](NC(=O)[C@@H](NC(=O)OCc1ccccc1)C(C)OC(C)(C)C)C(=O)N[C@H](C=CC(=O)NC(C)C)CC1CCNC1=O. The Labute approximate surface area is 273 Å². The van der Waals surface area contributed by atoms with Gasteiger partial charge in [-0.15, -0.1) is 0 Å². The summed E-state index contributed by atoms with van der Waals surface area (Å²) < 4.78 is 11.4. The smallest absolute Gasteiger partial charge is 0.408 e. The van der Waals surface area contributed by atoms with E-state index in [0.717, 1.165) is 5.56 Å². The molecule has 12 heteroatoms. The fraction of sp³-hybridized carbons (Fsp3) is 0.618. The average Bonchev–Trinajstić information content (AvgIpc) is 3.35. The third-order valence-corrected chi connectivity index (χ3v) is 7.06. The number of carbonyl (C=O) groups is 5. The summed E-state index contributed by atoms with van der Waals surface area (Å²) in [6, 6.07) is 6.28. The Morgan fingerprint density at radius 3 is 2.20 bits per heavy atom. The molecule has 1 saturated heterocycles. The summed E-state index contributed by atoms with van der Waals surface area (Å²) in [5, 5.41) is 13.9. The molecule has 0 saturated carbocycles. The first-order valence-electron chi connectivity index (χ1n) is 16.1. The van der Waals surface area contributed by atoms with Gasteiger partial charge in [-0.2, -0.15) is 0 Å². The third-order valence-electron chi connectivity index (χ3n) is 7.06. The second-order valence-electron chi connectivity index (χ2n) is 13.5. The van der Waals surface area contributed by atoms with Crippen LogP contribution in [-0.2, 0) is 35.3 Å². The highest BCUT2D eigenvalue weighted by Gasteiger charge is 2.35. The first-order valence-corrected chi connectivity index (χ1v) is 16.1. The molecule has 1 aliphatic heterocycles. The molecule has 1 heterocycles. The molecular weight excluding hydrogens is 590 g/mol. The van der Waals surface area contributed by atoms with Crippen LogP contribution in [-0.4, -0.2) is 72.1 Å². The maximum absolute atomic E-state index is 13.7. The Kier molecular flexibility index (Phi) is 15.2. The molecule has 5 amide bonds. The number of rotatable bonds is 16. The maximum atomic E-state index is 13.7. The van der Waals surface area contributed by atoms with Crippen molar-refractivity contribution in [2.75, 3.05) is 6.54 Å². The summed E-state index contributed by atoms with van der Waals surface area (Å²) in [6.45, 7) is 15.2. The van der Waals surface area contributed by atoms with Gasteiger partial charge in [0.2, 0.25) is 23.6 Å². The molecule has 0 aromatic heterocycles. The van der Waals surface area contributed by atoms with Crippen LogP contribution in [0.5, 0.6) is 0 Å². The number of ether oxygens (including phenoxy) is 2. The standard InChI is InChI=1S/C34H53N5O7/c1-21(2)18-27(31(42)37-26(14-15-28(40)36-22(3)4)19-25-16-17-35-30(25)41)38-32(43)29(23(5)46-34(6,7)8)39-33(44)45-20-24-12-10-9-11-13-24/h9-15,21-23,25-27,29H,16-20H2,1-8H3,(H,35,41)(H,36,40)(H,37,42)(H,38,43)(H,39,44)/t23?,25?,26-,27+,29+/m1/s1. The predicted molar refractivity (Wildman–Crippen MR) is 175 cm³/mol. The summed E-state index contributed by atoms with van der Waals surface area (Å²) in [7, 11) is 0. The van der Waals surface area contributed by atoms with Crippen LogP contribution in [0.25, 0.3) is 0 Å². The van der Waals surface area contributed by atoms with Crippen LogP contribution in [0.3, 0.4) is 0 Å². The molecule has 0 radical (unpaired) electrons. The van der Waals surface area contributed by atoms with Crippen LogP contribution in [0.1, 0.15) is 80.2 Å². The highest BCUT2D eigenvalue weighted by molar-refractivity contribution is 5.92. The van der Waals surface area contributed by atoms with Crippen molar-refractivity contribution < 1.29 is 33.4 Å². The molecule has 0 spiro atoms. The van der Waals surface area contributed by atoms with Crippen molar-refractivity contribution in [1.82, 2.24) is 26.6 Å². The highest BCUT2D eigenvalue weighted by Crippen LogP contribution is 2.18. The van der Waals surface area contributed by atoms with Gasteiger partial charge in [-0.3, -0.25) is 19.2 Å². The van der Waals surface area contributed by atoms with Crippen LogP contribution >= 0.6 is 0 Å². The van der Waals surface area contributed by atoms with Crippen molar-refractivity contribution in [3.63, 3.8) is 0 Å². The number of benzene rings is 1. The first-order chi connectivity index (χ1) is 21.5. The molecule has 0 aliphatic carbocycles. The lowest BCUT2D eigenvalue weighted by Gasteiger charge is -2.32. The topological polar surface area (TPSA) is 164 Å². The van der Waals surface area contributed by atoms with Crippen molar-refractivity contribution in [2.45, 2.75) is 117 Å². The van der Waals surface area contributed by atoms with Crippen LogP contribution in [0.2, 0.25) is 0 Å². The van der Waals surface area contributed by atoms with Gasteiger partial charge in [-0.25, -0.2) is 4.79 Å². The summed E-state index contributed by atoms with van der Waals surface area (Å²) in [4.78, 5) is 64.9. The Balaban J connectivity index is 2.23. The molecule has 5 N–H and O–H groups in total. The van der Waals surface area contributed by atoms with E-state index in [1.807, 2.05) is 78.8 Å². The predicted octanol–water partition coefficient (Wildman–Crippen LogP) is 3.11. The first kappa shape index (κ1) is 38.3. The zero-order valence-electron chi connectivity index (χ0n) is 28.5. The third kappa shape index (κ3) is 14.4. The van der Waals surface area contributed by atoms with Gasteiger partial charge in [0.15, 0.2) is 0 Å². The molecule has 12 nitrogen and oxygen atoms in total. The van der Waals surface area contributed by atoms with E-state index in [0.29, 0.717) is 25.8 Å². The molecule has 256 valence electrons. The Morgan fingerprint density at radius 1 is 0.957 bits per heavy atom. The minimum absolute atomic E-state index is 0.0109. The average molecular weight is 644 g/mol. The summed E-state index contributed by atoms with van der Waals surface area (Å²) in [5.41, 5.74) is 0.155. The maximum Gasteiger partial charge on any atom is 0.408 e. The molecule has 0 bridgehead atoms. The Morgan fingerprint density at radius 2 is 1.63 bits per heavy atom. The second-order valence-corrected chi connectivity index (χ2v) is 13.5. The normalized spacial score (nSPS) is 17.6. The van der Waals surface area contributed by atoms with E-state index in [-0.39, 0.29) is 36.3 Å². The molecule has 1 fully saturated rings. The number of amides is 5. The molecule has 2 rings (SSSR count). The van der Waals surface area contributed by atoms with Crippen molar-refractivity contribution in [1.29, 1.82) is 0 Å². The van der Waals surface area contributed by atoms with Crippen LogP contribution in [0.4, 0.5) is 4.79 Å². The van der Waals surface area contributed by atoms with E-state index in [9.17, 15) is 24.0 Å². The van der Waals surface area contributed by atoms with Gasteiger partial charge in [0.1, 0.15) is 18.7 Å². The Bertz CT molecular complexity index is 1200. The van der Waals surface area contributed by atoms with Gasteiger partial charge in [-0.05, 0) is 72.3 Å². The van der Waals surface area contributed by atoms with E-state index in [1.54, 1.807) is 13.0 Å². The molecule has 46 heavy (non-hydrogen) atoms. The zero-order valence-corrected chi connectivity index (χ0v) is 28.5. The molecule has 5 atom stereocenters. The van der Waals surface area contributed by atoms with E-state index < -0.39 is 47.7 Å². The summed E-state index contributed by atoms with van der Waals surface area (Å²) in [5.74, 6) is -1.83. The van der Waals surface area contributed by atoms with Gasteiger partial charge >= 0.3 is 6.09 Å². The lowest BCUT2D eigenvalue weighted by Crippen LogP contribution is -2.59. The van der Waals surface area contributed by atoms with E-state index in [2.05, 4.69) is 26.6 Å². The number of nitrogens with one attached hydrogen (secondary N) is 5. The van der Waals surface area contributed by atoms with Crippen molar-refractivity contribution in [2.24, 2.45) is 11.8 Å². The molecule has 2 unspecified atom stereocenters. The lowest BCUT2D eigenvalue weighted by atomic mass is 9.96. The van der Waals surface area contributed by atoms with Gasteiger partial charge in [0, 0.05) is 30.6 Å². The molecular formula is C34H53N5O7. The zero-order chi connectivity index (χ0) is 34.4.